The number of hydrogen-bond donors (Lipinski definition) is 4. The van der Waals surface area contributed by atoms with E-state index in [2.05, 4.69) is 17.2 Å². The quantitative estimate of drug-likeness (QED) is 0.367. The van der Waals surface area contributed by atoms with Crippen molar-refractivity contribution in [2.75, 3.05) is 11.9 Å². The monoisotopic (exact) mass is 266 g/mol. The molecule has 6 heteroatoms. The smallest absolute Gasteiger partial charge is 0.307 e. The van der Waals surface area contributed by atoms with Gasteiger partial charge in [-0.25, -0.2) is 0 Å². The second kappa shape index (κ2) is 6.61. The summed E-state index contributed by atoms with van der Waals surface area (Å²) in [5.41, 5.74) is 0.949. The van der Waals surface area contributed by atoms with E-state index >= 15 is 0 Å². The van der Waals surface area contributed by atoms with Gasteiger partial charge in [-0.3, -0.25) is 4.79 Å². The average molecular weight is 266 g/mol. The first kappa shape index (κ1) is 14.0. The number of carbonyl (C=O) groups is 1. The van der Waals surface area contributed by atoms with Crippen molar-refractivity contribution in [3.8, 4) is 5.75 Å². The molecule has 0 aliphatic carbocycles. The van der Waals surface area contributed by atoms with Gasteiger partial charge in [0.05, 0.1) is 12.1 Å². The minimum Gasteiger partial charge on any atom is -0.506 e. The number of benzene rings is 1. The molecule has 0 saturated heterocycles. The Morgan fingerprint density at radius 1 is 1.50 bits per heavy atom. The van der Waals surface area contributed by atoms with Crippen molar-refractivity contribution < 1.29 is 15.0 Å². The topological polar surface area (TPSA) is 81.6 Å². The van der Waals surface area contributed by atoms with Gasteiger partial charge in [0.1, 0.15) is 5.75 Å². The molecule has 0 heterocycles. The number of phenols is 1. The Kier molecular flexibility index (Phi) is 5.13. The van der Waals surface area contributed by atoms with Gasteiger partial charge in [0, 0.05) is 6.54 Å². The zero-order valence-corrected chi connectivity index (χ0v) is 10.5. The molecule has 1 aromatic rings. The summed E-state index contributed by atoms with van der Waals surface area (Å²) in [5, 5.41) is 24.3. The van der Waals surface area contributed by atoms with Crippen LogP contribution in [0.5, 0.6) is 5.75 Å². The van der Waals surface area contributed by atoms with Crippen molar-refractivity contribution in [3.63, 3.8) is 0 Å². The highest BCUT2D eigenvalue weighted by Crippen LogP contribution is 2.24. The lowest BCUT2D eigenvalue weighted by atomic mass is 10.1. The molecule has 0 atom stereocenters. The summed E-state index contributed by atoms with van der Waals surface area (Å²) in [6, 6.07) is 4.52. The number of hydrogen-bond acceptors (Lipinski definition) is 3. The van der Waals surface area contributed by atoms with E-state index in [1.54, 1.807) is 18.2 Å². The van der Waals surface area contributed by atoms with Crippen LogP contribution in [0.1, 0.15) is 5.56 Å². The Morgan fingerprint density at radius 2 is 2.22 bits per heavy atom. The van der Waals surface area contributed by atoms with Crippen LogP contribution in [0, 0.1) is 0 Å². The molecule has 0 saturated carbocycles. The van der Waals surface area contributed by atoms with Crippen molar-refractivity contribution in [3.05, 3.63) is 36.4 Å². The van der Waals surface area contributed by atoms with E-state index in [1.807, 2.05) is 0 Å². The fourth-order valence-electron chi connectivity index (χ4n) is 1.30. The van der Waals surface area contributed by atoms with E-state index in [-0.39, 0.29) is 12.2 Å². The van der Waals surface area contributed by atoms with E-state index in [4.69, 9.17) is 17.3 Å². The zero-order valence-electron chi connectivity index (χ0n) is 9.64. The van der Waals surface area contributed by atoms with Gasteiger partial charge in [-0.15, -0.1) is 6.58 Å². The van der Waals surface area contributed by atoms with Crippen LogP contribution in [-0.4, -0.2) is 27.8 Å². The average Bonchev–Trinajstić information content (AvgIpc) is 2.30. The summed E-state index contributed by atoms with van der Waals surface area (Å²) < 4.78 is 0. The summed E-state index contributed by atoms with van der Waals surface area (Å²) in [5.74, 6) is -0.925. The molecule has 0 radical (unpaired) electrons. The van der Waals surface area contributed by atoms with Crippen molar-refractivity contribution in [2.24, 2.45) is 0 Å². The molecule has 0 spiro atoms. The molecule has 0 amide bonds. The Morgan fingerprint density at radius 3 is 2.83 bits per heavy atom. The third-order valence-electron chi connectivity index (χ3n) is 2.07. The molecular formula is C12H14N2O3S. The molecule has 1 rings (SSSR count). The van der Waals surface area contributed by atoms with Gasteiger partial charge in [0.2, 0.25) is 0 Å². The Bertz CT molecular complexity index is 474. The van der Waals surface area contributed by atoms with Gasteiger partial charge in [-0.1, -0.05) is 12.1 Å². The maximum absolute atomic E-state index is 10.6. The van der Waals surface area contributed by atoms with E-state index < -0.39 is 5.97 Å². The maximum Gasteiger partial charge on any atom is 0.307 e. The molecule has 0 aliphatic rings. The number of phenolic OH excluding ortho intramolecular Hbond substituents is 1. The maximum atomic E-state index is 10.6. The third-order valence-corrected chi connectivity index (χ3v) is 2.32. The van der Waals surface area contributed by atoms with Crippen LogP contribution in [0.4, 0.5) is 5.69 Å². The van der Waals surface area contributed by atoms with E-state index in [9.17, 15) is 9.90 Å². The lowest BCUT2D eigenvalue weighted by Gasteiger charge is -2.11. The first-order valence-electron chi connectivity index (χ1n) is 5.22. The highest BCUT2D eigenvalue weighted by atomic mass is 32.1. The SMILES string of the molecule is C=CCNC(=S)Nc1cc(CC(=O)O)ccc1O. The van der Waals surface area contributed by atoms with E-state index in [0.717, 1.165) is 0 Å². The molecule has 5 nitrogen and oxygen atoms in total. The van der Waals surface area contributed by atoms with Crippen molar-refractivity contribution in [1.82, 2.24) is 5.32 Å². The molecule has 0 aliphatic heterocycles. The minimum absolute atomic E-state index is 0.00638. The Hall–Kier alpha value is -2.08. The van der Waals surface area contributed by atoms with Crippen molar-refractivity contribution >= 4 is 29.0 Å². The number of rotatable bonds is 5. The second-order valence-electron chi connectivity index (χ2n) is 3.55. The third kappa shape index (κ3) is 4.42. The highest BCUT2D eigenvalue weighted by molar-refractivity contribution is 7.80. The highest BCUT2D eigenvalue weighted by Gasteiger charge is 2.07. The van der Waals surface area contributed by atoms with Crippen molar-refractivity contribution in [1.29, 1.82) is 0 Å². The lowest BCUT2D eigenvalue weighted by Crippen LogP contribution is -2.28. The molecule has 0 bridgehead atoms. The lowest BCUT2D eigenvalue weighted by molar-refractivity contribution is -0.136. The van der Waals surface area contributed by atoms with Crippen LogP contribution in [0.25, 0.3) is 0 Å². The summed E-state index contributed by atoms with van der Waals surface area (Å²) >= 11 is 4.99. The molecule has 0 unspecified atom stereocenters. The van der Waals surface area contributed by atoms with Gasteiger partial charge >= 0.3 is 5.97 Å². The van der Waals surface area contributed by atoms with Gasteiger partial charge in [0.15, 0.2) is 5.11 Å². The predicted octanol–water partition coefficient (Wildman–Crippen LogP) is 1.49. The van der Waals surface area contributed by atoms with Gasteiger partial charge in [0.25, 0.3) is 0 Å². The molecule has 96 valence electrons. The number of anilines is 1. The Labute approximate surface area is 110 Å². The van der Waals surface area contributed by atoms with E-state index in [0.29, 0.717) is 22.9 Å². The number of carboxylic acid groups (broad SMARTS) is 1. The number of thiocarbonyl (C=S) groups is 1. The summed E-state index contributed by atoms with van der Waals surface area (Å²) in [4.78, 5) is 10.6. The first-order chi connectivity index (χ1) is 8.52. The number of aromatic hydroxyl groups is 1. The van der Waals surface area contributed by atoms with Crippen LogP contribution < -0.4 is 10.6 Å². The van der Waals surface area contributed by atoms with Crippen LogP contribution >= 0.6 is 12.2 Å². The van der Waals surface area contributed by atoms with E-state index in [1.165, 1.54) is 6.07 Å². The second-order valence-corrected chi connectivity index (χ2v) is 3.95. The largest absolute Gasteiger partial charge is 0.506 e. The van der Waals surface area contributed by atoms with Crippen LogP contribution in [0.3, 0.4) is 0 Å². The van der Waals surface area contributed by atoms with Gasteiger partial charge in [-0.05, 0) is 29.9 Å². The number of aliphatic carboxylic acids is 1. The van der Waals surface area contributed by atoms with Crippen LogP contribution in [0.15, 0.2) is 30.9 Å². The number of carboxylic acids is 1. The van der Waals surface area contributed by atoms with Gasteiger partial charge < -0.3 is 20.8 Å². The summed E-state index contributed by atoms with van der Waals surface area (Å²) in [6.07, 6.45) is 1.54. The zero-order chi connectivity index (χ0) is 13.5. The van der Waals surface area contributed by atoms with Crippen LogP contribution in [-0.2, 0) is 11.2 Å². The Balaban J connectivity index is 2.77. The predicted molar refractivity (Wildman–Crippen MR) is 73.9 cm³/mol. The molecule has 1 aromatic carbocycles. The fraction of sp³-hybridized carbons (Fsp3) is 0.167. The summed E-state index contributed by atoms with van der Waals surface area (Å²) in [6.45, 7) is 4.04. The van der Waals surface area contributed by atoms with Crippen LogP contribution in [0.2, 0.25) is 0 Å². The standard InChI is InChI=1S/C12H14N2O3S/c1-2-5-13-12(18)14-9-6-8(7-11(16)17)3-4-10(9)15/h2-4,6,15H,1,5,7H2,(H,16,17)(H2,13,14,18). The molecule has 0 fully saturated rings. The minimum atomic E-state index is -0.931. The fourth-order valence-corrected chi connectivity index (χ4v) is 1.49. The molecule has 0 aromatic heterocycles. The number of nitrogens with one attached hydrogen (secondary N) is 2. The first-order valence-corrected chi connectivity index (χ1v) is 5.63. The molecular weight excluding hydrogens is 252 g/mol. The summed E-state index contributed by atoms with van der Waals surface area (Å²) in [7, 11) is 0. The van der Waals surface area contributed by atoms with Gasteiger partial charge in [-0.2, -0.15) is 0 Å². The van der Waals surface area contributed by atoms with Crippen molar-refractivity contribution in [2.45, 2.75) is 6.42 Å². The molecule has 18 heavy (non-hydrogen) atoms. The normalized spacial score (nSPS) is 9.56. The molecule has 4 N–H and O–H groups in total.